The van der Waals surface area contributed by atoms with E-state index in [-0.39, 0.29) is 5.56 Å². The standard InChI is InChI=1S/C8H10N2O2/c1-2-5-3-6(7(9)11)8(12)10-4-5/h3-4H,2H2,1H3,(H2,9,11)(H,10,12). The molecule has 0 aromatic carbocycles. The van der Waals surface area contributed by atoms with E-state index in [1.807, 2.05) is 6.92 Å². The summed E-state index contributed by atoms with van der Waals surface area (Å²) >= 11 is 0. The SMILES string of the molecule is CCc1c[nH]c(=O)c(C(N)=O)c1. The Morgan fingerprint density at radius 3 is 2.83 bits per heavy atom. The highest BCUT2D eigenvalue weighted by atomic mass is 16.2. The quantitative estimate of drug-likeness (QED) is 0.650. The van der Waals surface area contributed by atoms with Gasteiger partial charge in [-0.1, -0.05) is 6.92 Å². The third-order valence-corrected chi connectivity index (χ3v) is 1.64. The normalized spacial score (nSPS) is 9.75. The minimum Gasteiger partial charge on any atom is -0.365 e. The lowest BCUT2D eigenvalue weighted by molar-refractivity contribution is 0.0999. The predicted molar refractivity (Wildman–Crippen MR) is 45.0 cm³/mol. The number of amides is 1. The Morgan fingerprint density at radius 2 is 2.33 bits per heavy atom. The van der Waals surface area contributed by atoms with Crippen LogP contribution in [0.3, 0.4) is 0 Å². The number of hydrogen-bond acceptors (Lipinski definition) is 2. The summed E-state index contributed by atoms with van der Waals surface area (Å²) in [5.41, 5.74) is 5.46. The molecular formula is C8H10N2O2. The van der Waals surface area contributed by atoms with Gasteiger partial charge in [0.25, 0.3) is 11.5 Å². The van der Waals surface area contributed by atoms with Crippen molar-refractivity contribution in [3.05, 3.63) is 33.7 Å². The Morgan fingerprint density at radius 1 is 1.67 bits per heavy atom. The Labute approximate surface area is 69.4 Å². The van der Waals surface area contributed by atoms with Crippen molar-refractivity contribution in [2.45, 2.75) is 13.3 Å². The van der Waals surface area contributed by atoms with E-state index in [1.54, 1.807) is 6.20 Å². The van der Waals surface area contributed by atoms with Gasteiger partial charge in [0.2, 0.25) is 0 Å². The molecule has 1 heterocycles. The lowest BCUT2D eigenvalue weighted by atomic mass is 10.1. The molecule has 1 aromatic rings. The Hall–Kier alpha value is -1.58. The predicted octanol–water partition coefficient (Wildman–Crippen LogP) is 0.0362. The smallest absolute Gasteiger partial charge is 0.260 e. The summed E-state index contributed by atoms with van der Waals surface area (Å²) in [6.45, 7) is 1.93. The van der Waals surface area contributed by atoms with E-state index in [4.69, 9.17) is 5.73 Å². The molecule has 0 aliphatic rings. The van der Waals surface area contributed by atoms with Gasteiger partial charge in [-0.05, 0) is 18.1 Å². The zero-order valence-corrected chi connectivity index (χ0v) is 6.76. The van der Waals surface area contributed by atoms with E-state index in [2.05, 4.69) is 4.98 Å². The number of pyridine rings is 1. The molecule has 4 nitrogen and oxygen atoms in total. The molecule has 0 aliphatic carbocycles. The van der Waals surface area contributed by atoms with Gasteiger partial charge in [0.1, 0.15) is 5.56 Å². The van der Waals surface area contributed by atoms with E-state index in [0.29, 0.717) is 0 Å². The molecule has 0 spiro atoms. The van der Waals surface area contributed by atoms with Crippen molar-refractivity contribution in [1.82, 2.24) is 4.98 Å². The number of rotatable bonds is 2. The number of aryl methyl sites for hydroxylation is 1. The highest BCUT2D eigenvalue weighted by Crippen LogP contribution is 1.97. The molecule has 0 atom stereocenters. The molecule has 12 heavy (non-hydrogen) atoms. The number of aromatic amines is 1. The van der Waals surface area contributed by atoms with E-state index in [1.165, 1.54) is 6.07 Å². The third kappa shape index (κ3) is 1.53. The fraction of sp³-hybridized carbons (Fsp3) is 0.250. The van der Waals surface area contributed by atoms with Gasteiger partial charge in [-0.25, -0.2) is 0 Å². The molecule has 0 saturated heterocycles. The monoisotopic (exact) mass is 166 g/mol. The first-order valence-electron chi connectivity index (χ1n) is 3.66. The fourth-order valence-corrected chi connectivity index (χ4v) is 0.916. The van der Waals surface area contributed by atoms with E-state index in [0.717, 1.165) is 12.0 Å². The molecule has 0 unspecified atom stereocenters. The molecule has 0 bridgehead atoms. The summed E-state index contributed by atoms with van der Waals surface area (Å²) in [6.07, 6.45) is 2.34. The number of primary amides is 1. The third-order valence-electron chi connectivity index (χ3n) is 1.64. The van der Waals surface area contributed by atoms with Gasteiger partial charge < -0.3 is 10.7 Å². The van der Waals surface area contributed by atoms with Gasteiger partial charge in [-0.15, -0.1) is 0 Å². The molecule has 1 aromatic heterocycles. The Kier molecular flexibility index (Phi) is 2.28. The van der Waals surface area contributed by atoms with Crippen LogP contribution in [0.4, 0.5) is 0 Å². The second kappa shape index (κ2) is 3.21. The van der Waals surface area contributed by atoms with Gasteiger partial charge in [0.05, 0.1) is 0 Å². The van der Waals surface area contributed by atoms with Crippen molar-refractivity contribution in [1.29, 1.82) is 0 Å². The van der Waals surface area contributed by atoms with E-state index >= 15 is 0 Å². The van der Waals surface area contributed by atoms with Crippen LogP contribution in [-0.2, 0) is 6.42 Å². The molecule has 4 heteroatoms. The number of aromatic nitrogens is 1. The first-order chi connectivity index (χ1) is 5.65. The van der Waals surface area contributed by atoms with Crippen molar-refractivity contribution in [2.24, 2.45) is 5.73 Å². The van der Waals surface area contributed by atoms with Gasteiger partial charge in [0.15, 0.2) is 0 Å². The van der Waals surface area contributed by atoms with Gasteiger partial charge in [0, 0.05) is 6.20 Å². The molecule has 1 rings (SSSR count). The second-order valence-electron chi connectivity index (χ2n) is 2.47. The minimum absolute atomic E-state index is 0.0225. The number of carbonyl (C=O) groups is 1. The maximum absolute atomic E-state index is 11.0. The topological polar surface area (TPSA) is 75.9 Å². The van der Waals surface area contributed by atoms with Crippen LogP contribution in [0.1, 0.15) is 22.8 Å². The van der Waals surface area contributed by atoms with Crippen molar-refractivity contribution >= 4 is 5.91 Å². The second-order valence-corrected chi connectivity index (χ2v) is 2.47. The van der Waals surface area contributed by atoms with Gasteiger partial charge >= 0.3 is 0 Å². The van der Waals surface area contributed by atoms with Gasteiger partial charge in [-0.2, -0.15) is 0 Å². The first-order valence-corrected chi connectivity index (χ1v) is 3.66. The summed E-state index contributed by atoms with van der Waals surface area (Å²) in [6, 6.07) is 1.52. The zero-order valence-electron chi connectivity index (χ0n) is 6.76. The summed E-state index contributed by atoms with van der Waals surface area (Å²) in [7, 11) is 0. The molecular weight excluding hydrogens is 156 g/mol. The molecule has 0 aliphatic heterocycles. The molecule has 1 amide bonds. The Balaban J connectivity index is 3.26. The van der Waals surface area contributed by atoms with Crippen LogP contribution in [-0.4, -0.2) is 10.9 Å². The van der Waals surface area contributed by atoms with Crippen molar-refractivity contribution in [3.63, 3.8) is 0 Å². The molecule has 0 fully saturated rings. The highest BCUT2D eigenvalue weighted by Gasteiger charge is 2.05. The molecule has 3 N–H and O–H groups in total. The van der Waals surface area contributed by atoms with Crippen LogP contribution in [0.2, 0.25) is 0 Å². The summed E-state index contributed by atoms with van der Waals surface area (Å²) in [5.74, 6) is -0.688. The average Bonchev–Trinajstić information content (AvgIpc) is 2.05. The van der Waals surface area contributed by atoms with Crippen LogP contribution in [0, 0.1) is 0 Å². The molecule has 0 saturated carbocycles. The lowest BCUT2D eigenvalue weighted by Gasteiger charge is -1.97. The maximum atomic E-state index is 11.0. The van der Waals surface area contributed by atoms with Crippen LogP contribution in [0.25, 0.3) is 0 Å². The van der Waals surface area contributed by atoms with Crippen molar-refractivity contribution in [3.8, 4) is 0 Å². The number of H-pyrrole nitrogens is 1. The minimum atomic E-state index is -0.688. The van der Waals surface area contributed by atoms with Crippen molar-refractivity contribution in [2.75, 3.05) is 0 Å². The Bertz CT molecular complexity index is 354. The van der Waals surface area contributed by atoms with Crippen LogP contribution in [0.15, 0.2) is 17.1 Å². The summed E-state index contributed by atoms with van der Waals surface area (Å²) in [5, 5.41) is 0. The number of hydrogen-bond donors (Lipinski definition) is 2. The zero-order chi connectivity index (χ0) is 9.14. The lowest BCUT2D eigenvalue weighted by Crippen LogP contribution is -2.23. The van der Waals surface area contributed by atoms with Crippen LogP contribution < -0.4 is 11.3 Å². The first kappa shape index (κ1) is 8.52. The molecule has 0 radical (unpaired) electrons. The van der Waals surface area contributed by atoms with Gasteiger partial charge in [-0.3, -0.25) is 9.59 Å². The van der Waals surface area contributed by atoms with E-state index < -0.39 is 11.5 Å². The van der Waals surface area contributed by atoms with Crippen LogP contribution >= 0.6 is 0 Å². The summed E-state index contributed by atoms with van der Waals surface area (Å²) in [4.78, 5) is 24.1. The number of nitrogens with one attached hydrogen (secondary N) is 1. The number of nitrogens with two attached hydrogens (primary N) is 1. The largest absolute Gasteiger partial charge is 0.365 e. The van der Waals surface area contributed by atoms with E-state index in [9.17, 15) is 9.59 Å². The van der Waals surface area contributed by atoms with Crippen LogP contribution in [0.5, 0.6) is 0 Å². The highest BCUT2D eigenvalue weighted by molar-refractivity contribution is 5.92. The maximum Gasteiger partial charge on any atom is 0.260 e. The fourth-order valence-electron chi connectivity index (χ4n) is 0.916. The molecule has 64 valence electrons. The van der Waals surface area contributed by atoms with Crippen molar-refractivity contribution < 1.29 is 4.79 Å². The number of carbonyl (C=O) groups excluding carboxylic acids is 1. The summed E-state index contributed by atoms with van der Waals surface area (Å²) < 4.78 is 0. The average molecular weight is 166 g/mol.